The van der Waals surface area contributed by atoms with Crippen molar-refractivity contribution in [1.29, 1.82) is 0 Å². The molecule has 112 valence electrons. The molecule has 1 aromatic heterocycles. The number of halogens is 1. The summed E-state index contributed by atoms with van der Waals surface area (Å²) in [5.74, 6) is 0.740. The Kier molecular flexibility index (Phi) is 4.39. The van der Waals surface area contributed by atoms with Gasteiger partial charge >= 0.3 is 0 Å². The molecule has 4 heteroatoms. The maximum Gasteiger partial charge on any atom is 0.261 e. The van der Waals surface area contributed by atoms with Crippen LogP contribution < -0.4 is 5.56 Å². The van der Waals surface area contributed by atoms with Crippen LogP contribution in [0.5, 0.6) is 0 Å². The second-order valence-electron chi connectivity index (χ2n) is 5.27. The first kappa shape index (κ1) is 15.0. The largest absolute Gasteiger partial charge is 0.292 e. The Balaban J connectivity index is 2.26. The molecular formula is C18H17BrN2O. The van der Waals surface area contributed by atoms with E-state index < -0.39 is 0 Å². The van der Waals surface area contributed by atoms with Gasteiger partial charge in [-0.3, -0.25) is 9.36 Å². The zero-order valence-corrected chi connectivity index (χ0v) is 14.0. The first-order chi connectivity index (χ1) is 10.7. The summed E-state index contributed by atoms with van der Waals surface area (Å²) in [6, 6.07) is 15.5. The fraction of sp³-hybridized carbons (Fsp3) is 0.222. The standard InChI is InChI=1S/C18H17BrN2O/c1-2-3-12-21-17(13-8-10-14(19)11-9-13)20-16-7-5-4-6-15(16)18(21)22/h4-11H,2-3,12H2,1H3. The van der Waals surface area contributed by atoms with Crippen LogP contribution in [-0.2, 0) is 6.54 Å². The molecule has 0 N–H and O–H groups in total. The van der Waals surface area contributed by atoms with Gasteiger partial charge in [-0.05, 0) is 30.7 Å². The molecule has 3 nitrogen and oxygen atoms in total. The summed E-state index contributed by atoms with van der Waals surface area (Å²) >= 11 is 3.44. The van der Waals surface area contributed by atoms with E-state index in [-0.39, 0.29) is 5.56 Å². The first-order valence-corrected chi connectivity index (χ1v) is 8.25. The third kappa shape index (κ3) is 2.83. The van der Waals surface area contributed by atoms with Gasteiger partial charge < -0.3 is 0 Å². The number of para-hydroxylation sites is 1. The van der Waals surface area contributed by atoms with E-state index in [0.717, 1.165) is 34.2 Å². The van der Waals surface area contributed by atoms with E-state index in [1.54, 1.807) is 4.57 Å². The lowest BCUT2D eigenvalue weighted by Gasteiger charge is -2.13. The van der Waals surface area contributed by atoms with Gasteiger partial charge in [-0.1, -0.05) is 53.5 Å². The molecule has 0 aliphatic carbocycles. The number of benzene rings is 2. The highest BCUT2D eigenvalue weighted by atomic mass is 79.9. The van der Waals surface area contributed by atoms with Crippen LogP contribution in [0.25, 0.3) is 22.3 Å². The number of hydrogen-bond acceptors (Lipinski definition) is 2. The van der Waals surface area contributed by atoms with Crippen molar-refractivity contribution in [2.24, 2.45) is 0 Å². The summed E-state index contributed by atoms with van der Waals surface area (Å²) in [7, 11) is 0. The van der Waals surface area contributed by atoms with Crippen LogP contribution in [0.15, 0.2) is 57.8 Å². The maximum atomic E-state index is 12.8. The lowest BCUT2D eigenvalue weighted by molar-refractivity contribution is 0.615. The normalized spacial score (nSPS) is 11.0. The monoisotopic (exact) mass is 356 g/mol. The highest BCUT2D eigenvalue weighted by molar-refractivity contribution is 9.10. The highest BCUT2D eigenvalue weighted by Crippen LogP contribution is 2.21. The smallest absolute Gasteiger partial charge is 0.261 e. The lowest BCUT2D eigenvalue weighted by atomic mass is 10.1. The molecule has 22 heavy (non-hydrogen) atoms. The van der Waals surface area contributed by atoms with Gasteiger partial charge in [0.1, 0.15) is 5.82 Å². The predicted molar refractivity (Wildman–Crippen MR) is 94.0 cm³/mol. The van der Waals surface area contributed by atoms with E-state index in [4.69, 9.17) is 4.98 Å². The second-order valence-corrected chi connectivity index (χ2v) is 6.19. The molecule has 0 radical (unpaired) electrons. The number of aromatic nitrogens is 2. The van der Waals surface area contributed by atoms with Crippen molar-refractivity contribution >= 4 is 26.8 Å². The molecule has 0 aliphatic heterocycles. The van der Waals surface area contributed by atoms with Crippen molar-refractivity contribution in [2.75, 3.05) is 0 Å². The van der Waals surface area contributed by atoms with Crippen molar-refractivity contribution in [3.05, 3.63) is 63.4 Å². The van der Waals surface area contributed by atoms with Crippen molar-refractivity contribution in [1.82, 2.24) is 9.55 Å². The molecule has 0 bridgehead atoms. The molecule has 0 spiro atoms. The van der Waals surface area contributed by atoms with Crippen LogP contribution in [-0.4, -0.2) is 9.55 Å². The van der Waals surface area contributed by atoms with Crippen LogP contribution in [0.2, 0.25) is 0 Å². The van der Waals surface area contributed by atoms with Crippen molar-refractivity contribution in [3.8, 4) is 11.4 Å². The first-order valence-electron chi connectivity index (χ1n) is 7.46. The minimum atomic E-state index is 0.0389. The fourth-order valence-corrected chi connectivity index (χ4v) is 2.78. The topological polar surface area (TPSA) is 34.9 Å². The van der Waals surface area contributed by atoms with Crippen molar-refractivity contribution < 1.29 is 0 Å². The van der Waals surface area contributed by atoms with Gasteiger partial charge in [0.05, 0.1) is 10.9 Å². The second kappa shape index (κ2) is 6.44. The molecule has 0 saturated carbocycles. The van der Waals surface area contributed by atoms with E-state index in [1.165, 1.54) is 0 Å². The Morgan fingerprint density at radius 2 is 1.82 bits per heavy atom. The summed E-state index contributed by atoms with van der Waals surface area (Å²) in [4.78, 5) is 17.5. The minimum absolute atomic E-state index is 0.0389. The number of fused-ring (bicyclic) bond motifs is 1. The molecule has 1 heterocycles. The Morgan fingerprint density at radius 1 is 1.09 bits per heavy atom. The van der Waals surface area contributed by atoms with Gasteiger partial charge in [0, 0.05) is 16.6 Å². The number of nitrogens with zero attached hydrogens (tertiary/aromatic N) is 2. The quantitative estimate of drug-likeness (QED) is 0.683. The Hall–Kier alpha value is -1.94. The van der Waals surface area contributed by atoms with Gasteiger partial charge in [0.15, 0.2) is 0 Å². The zero-order valence-electron chi connectivity index (χ0n) is 12.4. The highest BCUT2D eigenvalue weighted by Gasteiger charge is 2.12. The summed E-state index contributed by atoms with van der Waals surface area (Å²) in [6.07, 6.45) is 2.00. The Bertz CT molecular complexity index is 853. The van der Waals surface area contributed by atoms with Gasteiger partial charge in [-0.2, -0.15) is 0 Å². The summed E-state index contributed by atoms with van der Waals surface area (Å²) < 4.78 is 2.81. The summed E-state index contributed by atoms with van der Waals surface area (Å²) in [6.45, 7) is 2.82. The maximum absolute atomic E-state index is 12.8. The van der Waals surface area contributed by atoms with Crippen molar-refractivity contribution in [2.45, 2.75) is 26.3 Å². The lowest BCUT2D eigenvalue weighted by Crippen LogP contribution is -2.23. The van der Waals surface area contributed by atoms with Gasteiger partial charge in [0.25, 0.3) is 5.56 Å². The molecular weight excluding hydrogens is 340 g/mol. The molecule has 0 atom stereocenters. The molecule has 0 amide bonds. The molecule has 0 saturated heterocycles. The van der Waals surface area contributed by atoms with E-state index in [1.807, 2.05) is 48.5 Å². The minimum Gasteiger partial charge on any atom is -0.292 e. The average molecular weight is 357 g/mol. The molecule has 0 unspecified atom stereocenters. The number of hydrogen-bond donors (Lipinski definition) is 0. The third-order valence-corrected chi connectivity index (χ3v) is 4.23. The molecule has 3 rings (SSSR count). The summed E-state index contributed by atoms with van der Waals surface area (Å²) in [5, 5.41) is 0.680. The van der Waals surface area contributed by atoms with E-state index in [0.29, 0.717) is 11.9 Å². The number of rotatable bonds is 4. The fourth-order valence-electron chi connectivity index (χ4n) is 2.51. The van der Waals surface area contributed by atoms with Crippen LogP contribution in [0.1, 0.15) is 19.8 Å². The van der Waals surface area contributed by atoms with Crippen LogP contribution >= 0.6 is 15.9 Å². The van der Waals surface area contributed by atoms with Crippen molar-refractivity contribution in [3.63, 3.8) is 0 Å². The van der Waals surface area contributed by atoms with Gasteiger partial charge in [-0.25, -0.2) is 4.98 Å². The summed E-state index contributed by atoms with van der Waals surface area (Å²) in [5.41, 5.74) is 1.75. The van der Waals surface area contributed by atoms with Gasteiger partial charge in [0.2, 0.25) is 0 Å². The Morgan fingerprint density at radius 3 is 2.55 bits per heavy atom. The average Bonchev–Trinajstić information content (AvgIpc) is 2.55. The molecule has 2 aromatic carbocycles. The van der Waals surface area contributed by atoms with E-state index in [2.05, 4.69) is 22.9 Å². The third-order valence-electron chi connectivity index (χ3n) is 3.70. The van der Waals surface area contributed by atoms with Crippen LogP contribution in [0.4, 0.5) is 0 Å². The van der Waals surface area contributed by atoms with E-state index in [9.17, 15) is 4.79 Å². The molecule has 0 aliphatic rings. The van der Waals surface area contributed by atoms with Gasteiger partial charge in [-0.15, -0.1) is 0 Å². The predicted octanol–water partition coefficient (Wildman–Crippen LogP) is 4.63. The van der Waals surface area contributed by atoms with Crippen LogP contribution in [0.3, 0.4) is 0 Å². The molecule has 0 fully saturated rings. The Labute approximate surface area is 137 Å². The number of unbranched alkanes of at least 4 members (excludes halogenated alkanes) is 1. The molecule has 3 aromatic rings. The van der Waals surface area contributed by atoms with Crippen LogP contribution in [0, 0.1) is 0 Å². The zero-order chi connectivity index (χ0) is 15.5. The van der Waals surface area contributed by atoms with E-state index >= 15 is 0 Å². The SMILES string of the molecule is CCCCn1c(-c2ccc(Br)cc2)nc2ccccc2c1=O.